The minimum Gasteiger partial charge on any atom is -0.484 e. The summed E-state index contributed by atoms with van der Waals surface area (Å²) in [4.78, 5) is 24.0. The van der Waals surface area contributed by atoms with Crippen LogP contribution in [0.5, 0.6) is 5.75 Å². The Bertz CT molecular complexity index is 949. The second kappa shape index (κ2) is 8.36. The fraction of sp³-hybridized carbons (Fsp3) is 0.182. The molecule has 3 aromatic carbocycles. The number of nitrogens with one attached hydrogen (secondary N) is 2. The van der Waals surface area contributed by atoms with E-state index in [1.165, 1.54) is 0 Å². The lowest BCUT2D eigenvalue weighted by atomic mass is 10.1. The highest BCUT2D eigenvalue weighted by atomic mass is 16.5. The molecule has 0 radical (unpaired) electrons. The number of hydrogen-bond donors (Lipinski definition) is 2. The third kappa shape index (κ3) is 5.07. The Morgan fingerprint density at radius 3 is 2.33 bits per heavy atom. The monoisotopic (exact) mass is 362 g/mol. The van der Waals surface area contributed by atoms with Gasteiger partial charge in [0.05, 0.1) is 0 Å². The standard InChI is InChI=1S/C22H22N2O3/c1-15(2)23-22(26)17-7-10-19(11-8-17)24-21(25)14-27-20-12-9-16-5-3-4-6-18(16)13-20/h3-13,15H,14H2,1-2H3,(H,23,26)(H,24,25). The second-order valence-electron chi connectivity index (χ2n) is 6.55. The number of rotatable bonds is 6. The van der Waals surface area contributed by atoms with E-state index in [9.17, 15) is 9.59 Å². The Labute approximate surface area is 158 Å². The third-order valence-electron chi connectivity index (χ3n) is 3.94. The van der Waals surface area contributed by atoms with Crippen LogP contribution in [0.4, 0.5) is 5.69 Å². The molecular weight excluding hydrogens is 340 g/mol. The number of ether oxygens (including phenoxy) is 1. The van der Waals surface area contributed by atoms with Crippen LogP contribution in [0, 0.1) is 0 Å². The summed E-state index contributed by atoms with van der Waals surface area (Å²) in [5, 5.41) is 7.77. The molecule has 0 aliphatic rings. The van der Waals surface area contributed by atoms with Gasteiger partial charge >= 0.3 is 0 Å². The molecule has 0 unspecified atom stereocenters. The van der Waals surface area contributed by atoms with Crippen molar-refractivity contribution in [1.82, 2.24) is 5.32 Å². The molecule has 0 aromatic heterocycles. The van der Waals surface area contributed by atoms with Crippen LogP contribution in [0.25, 0.3) is 10.8 Å². The zero-order valence-electron chi connectivity index (χ0n) is 15.4. The summed E-state index contributed by atoms with van der Waals surface area (Å²) in [5.74, 6) is 0.245. The topological polar surface area (TPSA) is 67.4 Å². The Kier molecular flexibility index (Phi) is 5.71. The van der Waals surface area contributed by atoms with Gasteiger partial charge < -0.3 is 15.4 Å². The molecule has 0 saturated heterocycles. The van der Waals surface area contributed by atoms with Crippen molar-refractivity contribution in [3.05, 3.63) is 72.3 Å². The van der Waals surface area contributed by atoms with Crippen LogP contribution in [0.3, 0.4) is 0 Å². The molecule has 27 heavy (non-hydrogen) atoms. The molecule has 0 heterocycles. The lowest BCUT2D eigenvalue weighted by molar-refractivity contribution is -0.118. The maximum absolute atomic E-state index is 12.1. The van der Waals surface area contributed by atoms with Crippen LogP contribution >= 0.6 is 0 Å². The molecule has 2 amide bonds. The highest BCUT2D eigenvalue weighted by Crippen LogP contribution is 2.20. The lowest BCUT2D eigenvalue weighted by Gasteiger charge is -2.10. The number of carbonyl (C=O) groups is 2. The largest absolute Gasteiger partial charge is 0.484 e. The zero-order valence-corrected chi connectivity index (χ0v) is 15.4. The van der Waals surface area contributed by atoms with Crippen molar-refractivity contribution in [3.8, 4) is 5.75 Å². The minimum atomic E-state index is -0.262. The molecule has 0 atom stereocenters. The number of fused-ring (bicyclic) bond motifs is 1. The van der Waals surface area contributed by atoms with E-state index in [2.05, 4.69) is 10.6 Å². The van der Waals surface area contributed by atoms with Crippen LogP contribution in [-0.4, -0.2) is 24.5 Å². The SMILES string of the molecule is CC(C)NC(=O)c1ccc(NC(=O)COc2ccc3ccccc3c2)cc1. The summed E-state index contributed by atoms with van der Waals surface area (Å²) in [5.41, 5.74) is 1.16. The Balaban J connectivity index is 1.54. The number of amides is 2. The molecule has 5 nitrogen and oxygen atoms in total. The zero-order chi connectivity index (χ0) is 19.2. The van der Waals surface area contributed by atoms with Gasteiger partial charge in [0.2, 0.25) is 0 Å². The van der Waals surface area contributed by atoms with Gasteiger partial charge in [0.15, 0.2) is 6.61 Å². The van der Waals surface area contributed by atoms with E-state index in [0.717, 1.165) is 10.8 Å². The van der Waals surface area contributed by atoms with Gasteiger partial charge in [0, 0.05) is 17.3 Å². The van der Waals surface area contributed by atoms with E-state index in [4.69, 9.17) is 4.74 Å². The number of benzene rings is 3. The Morgan fingerprint density at radius 1 is 0.926 bits per heavy atom. The molecule has 3 aromatic rings. The van der Waals surface area contributed by atoms with Crippen LogP contribution in [0.1, 0.15) is 24.2 Å². The maximum Gasteiger partial charge on any atom is 0.262 e. The van der Waals surface area contributed by atoms with Gasteiger partial charge in [-0.25, -0.2) is 0 Å². The average Bonchev–Trinajstić information content (AvgIpc) is 2.66. The first-order chi connectivity index (χ1) is 13.0. The Hall–Kier alpha value is -3.34. The minimum absolute atomic E-state index is 0.0733. The molecule has 0 spiro atoms. The van der Waals surface area contributed by atoms with Gasteiger partial charge in [-0.15, -0.1) is 0 Å². The van der Waals surface area contributed by atoms with Crippen molar-refractivity contribution in [1.29, 1.82) is 0 Å². The van der Waals surface area contributed by atoms with E-state index in [0.29, 0.717) is 17.0 Å². The summed E-state index contributed by atoms with van der Waals surface area (Å²) in [7, 11) is 0. The van der Waals surface area contributed by atoms with Crippen molar-refractivity contribution in [3.63, 3.8) is 0 Å². The van der Waals surface area contributed by atoms with E-state index < -0.39 is 0 Å². The summed E-state index contributed by atoms with van der Waals surface area (Å²) >= 11 is 0. The van der Waals surface area contributed by atoms with Crippen molar-refractivity contribution in [2.45, 2.75) is 19.9 Å². The predicted octanol–water partition coefficient (Wildman–Crippen LogP) is 4.00. The molecule has 0 aliphatic heterocycles. The summed E-state index contributed by atoms with van der Waals surface area (Å²) in [6, 6.07) is 20.5. The molecule has 0 fully saturated rings. The number of carbonyl (C=O) groups excluding carboxylic acids is 2. The van der Waals surface area contributed by atoms with Crippen molar-refractivity contribution < 1.29 is 14.3 Å². The van der Waals surface area contributed by atoms with Crippen LogP contribution in [-0.2, 0) is 4.79 Å². The van der Waals surface area contributed by atoms with Crippen molar-refractivity contribution in [2.75, 3.05) is 11.9 Å². The van der Waals surface area contributed by atoms with Gasteiger partial charge in [0.1, 0.15) is 5.75 Å². The van der Waals surface area contributed by atoms with Gasteiger partial charge in [-0.1, -0.05) is 30.3 Å². The van der Waals surface area contributed by atoms with Crippen molar-refractivity contribution >= 4 is 28.3 Å². The van der Waals surface area contributed by atoms with E-state index in [-0.39, 0.29) is 24.5 Å². The fourth-order valence-corrected chi connectivity index (χ4v) is 2.65. The van der Waals surface area contributed by atoms with Crippen LogP contribution < -0.4 is 15.4 Å². The van der Waals surface area contributed by atoms with Crippen LogP contribution in [0.2, 0.25) is 0 Å². The number of hydrogen-bond acceptors (Lipinski definition) is 3. The molecule has 0 saturated carbocycles. The second-order valence-corrected chi connectivity index (χ2v) is 6.55. The average molecular weight is 362 g/mol. The lowest BCUT2D eigenvalue weighted by Crippen LogP contribution is -2.30. The normalized spacial score (nSPS) is 10.6. The van der Waals surface area contributed by atoms with Gasteiger partial charge in [-0.05, 0) is 61.0 Å². The van der Waals surface area contributed by atoms with Gasteiger partial charge in [0.25, 0.3) is 11.8 Å². The van der Waals surface area contributed by atoms with Crippen LogP contribution in [0.15, 0.2) is 66.7 Å². The first-order valence-electron chi connectivity index (χ1n) is 8.83. The maximum atomic E-state index is 12.1. The van der Waals surface area contributed by atoms with E-state index >= 15 is 0 Å². The molecule has 0 bridgehead atoms. The molecular formula is C22H22N2O3. The highest BCUT2D eigenvalue weighted by Gasteiger charge is 2.08. The summed E-state index contributed by atoms with van der Waals surface area (Å²) in [6.45, 7) is 3.72. The third-order valence-corrected chi connectivity index (χ3v) is 3.94. The fourth-order valence-electron chi connectivity index (χ4n) is 2.65. The number of anilines is 1. The molecule has 3 rings (SSSR count). The van der Waals surface area contributed by atoms with E-state index in [1.54, 1.807) is 24.3 Å². The first-order valence-corrected chi connectivity index (χ1v) is 8.83. The Morgan fingerprint density at radius 2 is 1.63 bits per heavy atom. The van der Waals surface area contributed by atoms with Gasteiger partial charge in [-0.2, -0.15) is 0 Å². The van der Waals surface area contributed by atoms with E-state index in [1.807, 2.05) is 56.3 Å². The predicted molar refractivity (Wildman–Crippen MR) is 107 cm³/mol. The van der Waals surface area contributed by atoms with Gasteiger partial charge in [-0.3, -0.25) is 9.59 Å². The summed E-state index contributed by atoms with van der Waals surface area (Å²) < 4.78 is 5.58. The quantitative estimate of drug-likeness (QED) is 0.697. The molecule has 2 N–H and O–H groups in total. The molecule has 5 heteroatoms. The highest BCUT2D eigenvalue weighted by molar-refractivity contribution is 5.96. The summed E-state index contributed by atoms with van der Waals surface area (Å²) in [6.07, 6.45) is 0. The smallest absolute Gasteiger partial charge is 0.262 e. The first kappa shape index (κ1) is 18.5. The molecule has 0 aliphatic carbocycles. The molecule has 138 valence electrons. The van der Waals surface area contributed by atoms with Crippen molar-refractivity contribution in [2.24, 2.45) is 0 Å².